The Morgan fingerprint density at radius 2 is 2.05 bits per heavy atom. The SMILES string of the molecule is Cc1nc2c(C(=O)Nc3ccc4c(c3)CNC4)cccc2[nH]1. The first kappa shape index (κ1) is 13.0. The first-order chi connectivity index (χ1) is 10.7. The number of carbonyl (C=O) groups is 1. The van der Waals surface area contributed by atoms with Crippen LogP contribution >= 0.6 is 0 Å². The molecule has 0 saturated heterocycles. The van der Waals surface area contributed by atoms with Gasteiger partial charge in [0.1, 0.15) is 11.3 Å². The molecule has 1 aliphatic rings. The van der Waals surface area contributed by atoms with E-state index >= 15 is 0 Å². The Morgan fingerprint density at radius 3 is 2.95 bits per heavy atom. The fourth-order valence-electron chi connectivity index (χ4n) is 2.91. The first-order valence-electron chi connectivity index (χ1n) is 7.30. The van der Waals surface area contributed by atoms with Crippen LogP contribution in [0.15, 0.2) is 36.4 Å². The number of nitrogens with zero attached hydrogens (tertiary/aromatic N) is 1. The molecule has 1 aromatic heterocycles. The fourth-order valence-corrected chi connectivity index (χ4v) is 2.91. The number of hydrogen-bond donors (Lipinski definition) is 3. The molecule has 0 bridgehead atoms. The highest BCUT2D eigenvalue weighted by molar-refractivity contribution is 6.11. The van der Waals surface area contributed by atoms with E-state index in [1.807, 2.05) is 31.2 Å². The van der Waals surface area contributed by atoms with Crippen LogP contribution in [0.5, 0.6) is 0 Å². The average molecular weight is 292 g/mol. The number of H-pyrrole nitrogens is 1. The number of aromatic amines is 1. The number of fused-ring (bicyclic) bond motifs is 2. The third-order valence-electron chi connectivity index (χ3n) is 3.97. The molecule has 4 rings (SSSR count). The van der Waals surface area contributed by atoms with Gasteiger partial charge >= 0.3 is 0 Å². The lowest BCUT2D eigenvalue weighted by Gasteiger charge is -2.07. The summed E-state index contributed by atoms with van der Waals surface area (Å²) in [5.41, 5.74) is 5.52. The van der Waals surface area contributed by atoms with Crippen molar-refractivity contribution in [3.63, 3.8) is 0 Å². The Balaban J connectivity index is 1.66. The van der Waals surface area contributed by atoms with Crippen LogP contribution in [0.3, 0.4) is 0 Å². The maximum absolute atomic E-state index is 12.6. The van der Waals surface area contributed by atoms with Crippen molar-refractivity contribution in [1.29, 1.82) is 0 Å². The summed E-state index contributed by atoms with van der Waals surface area (Å²) in [4.78, 5) is 20.1. The maximum Gasteiger partial charge on any atom is 0.257 e. The minimum absolute atomic E-state index is 0.136. The highest BCUT2D eigenvalue weighted by Crippen LogP contribution is 2.22. The molecule has 0 unspecified atom stereocenters. The zero-order valence-electron chi connectivity index (χ0n) is 12.2. The lowest BCUT2D eigenvalue weighted by Crippen LogP contribution is -2.12. The van der Waals surface area contributed by atoms with Gasteiger partial charge in [-0.05, 0) is 42.3 Å². The van der Waals surface area contributed by atoms with E-state index in [4.69, 9.17) is 0 Å². The van der Waals surface area contributed by atoms with Gasteiger partial charge in [0.2, 0.25) is 0 Å². The van der Waals surface area contributed by atoms with Gasteiger partial charge in [0.05, 0.1) is 11.1 Å². The van der Waals surface area contributed by atoms with Gasteiger partial charge in [-0.15, -0.1) is 0 Å². The standard InChI is InChI=1S/C17H16N4O/c1-10-19-15-4-2-3-14(16(15)20-10)17(22)21-13-6-5-11-8-18-9-12(11)7-13/h2-7,18H,8-9H2,1H3,(H,19,20)(H,21,22). The number of aryl methyl sites for hydroxylation is 1. The Morgan fingerprint density at radius 1 is 1.18 bits per heavy atom. The van der Waals surface area contributed by atoms with Crippen LogP contribution in [-0.4, -0.2) is 15.9 Å². The number of nitrogens with one attached hydrogen (secondary N) is 3. The molecule has 1 aliphatic heterocycles. The van der Waals surface area contributed by atoms with Gasteiger partial charge < -0.3 is 15.6 Å². The number of aromatic nitrogens is 2. The zero-order chi connectivity index (χ0) is 15.1. The number of para-hydroxylation sites is 1. The highest BCUT2D eigenvalue weighted by atomic mass is 16.1. The number of benzene rings is 2. The quantitative estimate of drug-likeness (QED) is 0.680. The molecule has 0 radical (unpaired) electrons. The molecule has 1 amide bonds. The van der Waals surface area contributed by atoms with Crippen LogP contribution < -0.4 is 10.6 Å². The molecule has 5 nitrogen and oxygen atoms in total. The minimum Gasteiger partial charge on any atom is -0.342 e. The van der Waals surface area contributed by atoms with Gasteiger partial charge in [-0.25, -0.2) is 4.98 Å². The van der Waals surface area contributed by atoms with E-state index in [0.29, 0.717) is 11.1 Å². The Labute approximate surface area is 127 Å². The molecule has 22 heavy (non-hydrogen) atoms. The first-order valence-corrected chi connectivity index (χ1v) is 7.30. The normalized spacial score (nSPS) is 13.3. The topological polar surface area (TPSA) is 69.8 Å². The molecule has 0 atom stereocenters. The molecule has 2 heterocycles. The summed E-state index contributed by atoms with van der Waals surface area (Å²) in [6.45, 7) is 3.64. The van der Waals surface area contributed by atoms with Crippen molar-refractivity contribution in [3.05, 3.63) is 58.9 Å². The van der Waals surface area contributed by atoms with E-state index in [9.17, 15) is 4.79 Å². The third kappa shape index (κ3) is 2.16. The molecule has 0 saturated carbocycles. The molecule has 0 aliphatic carbocycles. The smallest absolute Gasteiger partial charge is 0.257 e. The highest BCUT2D eigenvalue weighted by Gasteiger charge is 2.15. The van der Waals surface area contributed by atoms with Crippen molar-refractivity contribution < 1.29 is 4.79 Å². The van der Waals surface area contributed by atoms with Crippen LogP contribution in [0.2, 0.25) is 0 Å². The number of imidazole rings is 1. The monoisotopic (exact) mass is 292 g/mol. The van der Waals surface area contributed by atoms with E-state index in [0.717, 1.165) is 30.1 Å². The van der Waals surface area contributed by atoms with E-state index < -0.39 is 0 Å². The van der Waals surface area contributed by atoms with Crippen LogP contribution in [-0.2, 0) is 13.1 Å². The predicted octanol–water partition coefficient (Wildman–Crippen LogP) is 2.73. The zero-order valence-corrected chi connectivity index (χ0v) is 12.2. The summed E-state index contributed by atoms with van der Waals surface area (Å²) in [5.74, 6) is 0.668. The summed E-state index contributed by atoms with van der Waals surface area (Å²) in [6.07, 6.45) is 0. The van der Waals surface area contributed by atoms with Crippen LogP contribution in [0.1, 0.15) is 27.3 Å². The third-order valence-corrected chi connectivity index (χ3v) is 3.97. The Kier molecular flexibility index (Phi) is 2.94. The predicted molar refractivity (Wildman–Crippen MR) is 85.8 cm³/mol. The van der Waals surface area contributed by atoms with Crippen molar-refractivity contribution in [2.75, 3.05) is 5.32 Å². The summed E-state index contributed by atoms with van der Waals surface area (Å²) in [7, 11) is 0. The fraction of sp³-hybridized carbons (Fsp3) is 0.176. The molecule has 0 spiro atoms. The molecule has 110 valence electrons. The molecular formula is C17H16N4O. The lowest BCUT2D eigenvalue weighted by atomic mass is 10.1. The number of hydrogen-bond acceptors (Lipinski definition) is 3. The molecule has 3 aromatic rings. The van der Waals surface area contributed by atoms with Gasteiger partial charge in [0, 0.05) is 18.8 Å². The van der Waals surface area contributed by atoms with Crippen LogP contribution in [0.4, 0.5) is 5.69 Å². The largest absolute Gasteiger partial charge is 0.342 e. The van der Waals surface area contributed by atoms with E-state index in [1.54, 1.807) is 6.07 Å². The number of amides is 1. The van der Waals surface area contributed by atoms with Gasteiger partial charge in [-0.1, -0.05) is 12.1 Å². The molecule has 0 fully saturated rings. The van der Waals surface area contributed by atoms with Gasteiger partial charge in [-0.3, -0.25) is 4.79 Å². The average Bonchev–Trinajstić information content (AvgIpc) is 3.10. The summed E-state index contributed by atoms with van der Waals surface area (Å²) >= 11 is 0. The second-order valence-electron chi connectivity index (χ2n) is 5.57. The summed E-state index contributed by atoms with van der Waals surface area (Å²) < 4.78 is 0. The minimum atomic E-state index is -0.136. The maximum atomic E-state index is 12.6. The molecule has 5 heteroatoms. The molecule has 3 N–H and O–H groups in total. The van der Waals surface area contributed by atoms with E-state index in [-0.39, 0.29) is 5.91 Å². The molecular weight excluding hydrogens is 276 g/mol. The van der Waals surface area contributed by atoms with E-state index in [2.05, 4.69) is 26.7 Å². The second-order valence-corrected chi connectivity index (χ2v) is 5.57. The number of rotatable bonds is 2. The van der Waals surface area contributed by atoms with Crippen LogP contribution in [0, 0.1) is 6.92 Å². The van der Waals surface area contributed by atoms with E-state index in [1.165, 1.54) is 11.1 Å². The Bertz CT molecular complexity index is 881. The number of carbonyl (C=O) groups excluding carboxylic acids is 1. The second kappa shape index (κ2) is 4.96. The van der Waals surface area contributed by atoms with Crippen molar-refractivity contribution in [2.24, 2.45) is 0 Å². The Hall–Kier alpha value is -2.66. The van der Waals surface area contributed by atoms with Crippen molar-refractivity contribution >= 4 is 22.6 Å². The number of anilines is 1. The van der Waals surface area contributed by atoms with Gasteiger partial charge in [-0.2, -0.15) is 0 Å². The summed E-state index contributed by atoms with van der Waals surface area (Å²) in [5, 5.41) is 6.27. The van der Waals surface area contributed by atoms with Crippen molar-refractivity contribution in [1.82, 2.24) is 15.3 Å². The van der Waals surface area contributed by atoms with Crippen LogP contribution in [0.25, 0.3) is 11.0 Å². The molecule has 2 aromatic carbocycles. The van der Waals surface area contributed by atoms with Gasteiger partial charge in [0.25, 0.3) is 5.91 Å². The van der Waals surface area contributed by atoms with Crippen molar-refractivity contribution in [2.45, 2.75) is 20.0 Å². The summed E-state index contributed by atoms with van der Waals surface area (Å²) in [6, 6.07) is 11.6. The lowest BCUT2D eigenvalue weighted by molar-refractivity contribution is 0.102. The van der Waals surface area contributed by atoms with Gasteiger partial charge in [0.15, 0.2) is 0 Å². The van der Waals surface area contributed by atoms with Crippen molar-refractivity contribution in [3.8, 4) is 0 Å².